The molecule has 1 heterocycles. The number of hydrogen-bond donors (Lipinski definition) is 2. The van der Waals surface area contributed by atoms with Crippen molar-refractivity contribution in [3.63, 3.8) is 0 Å². The first-order chi connectivity index (χ1) is 9.33. The SMILES string of the molecule is CC(C)n1ccc(CC(C)(C(=O)O)C(=O)NC2CC2)n1. The zero-order valence-electron chi connectivity index (χ0n) is 12.1. The van der Waals surface area contributed by atoms with Gasteiger partial charge in [-0.1, -0.05) is 0 Å². The number of aliphatic carboxylic acids is 1. The van der Waals surface area contributed by atoms with Crippen LogP contribution in [0.5, 0.6) is 0 Å². The van der Waals surface area contributed by atoms with Gasteiger partial charge in [-0.2, -0.15) is 5.10 Å². The van der Waals surface area contributed by atoms with Crippen LogP contribution in [0.25, 0.3) is 0 Å². The van der Waals surface area contributed by atoms with Crippen molar-refractivity contribution in [1.29, 1.82) is 0 Å². The third-order valence-electron chi connectivity index (χ3n) is 3.61. The summed E-state index contributed by atoms with van der Waals surface area (Å²) in [4.78, 5) is 23.7. The Labute approximate surface area is 118 Å². The quantitative estimate of drug-likeness (QED) is 0.770. The Morgan fingerprint density at radius 3 is 2.65 bits per heavy atom. The van der Waals surface area contributed by atoms with Crippen molar-refractivity contribution in [3.05, 3.63) is 18.0 Å². The predicted octanol–water partition coefficient (Wildman–Crippen LogP) is 1.38. The third-order valence-corrected chi connectivity index (χ3v) is 3.61. The molecule has 1 saturated carbocycles. The van der Waals surface area contributed by atoms with Crippen LogP contribution < -0.4 is 5.32 Å². The van der Waals surface area contributed by atoms with E-state index in [4.69, 9.17) is 0 Å². The van der Waals surface area contributed by atoms with E-state index in [1.807, 2.05) is 13.8 Å². The second-order valence-corrected chi connectivity index (χ2v) is 5.94. The summed E-state index contributed by atoms with van der Waals surface area (Å²) in [7, 11) is 0. The predicted molar refractivity (Wildman–Crippen MR) is 73.2 cm³/mol. The molecule has 6 nitrogen and oxygen atoms in total. The molecule has 0 radical (unpaired) electrons. The second kappa shape index (κ2) is 5.26. The molecule has 0 spiro atoms. The molecule has 6 heteroatoms. The molecule has 0 saturated heterocycles. The van der Waals surface area contributed by atoms with Crippen molar-refractivity contribution in [2.24, 2.45) is 5.41 Å². The Balaban J connectivity index is 2.14. The highest BCUT2D eigenvalue weighted by Crippen LogP contribution is 2.26. The minimum atomic E-state index is -1.47. The topological polar surface area (TPSA) is 84.2 Å². The molecule has 1 aromatic heterocycles. The maximum absolute atomic E-state index is 12.2. The molecule has 1 aliphatic rings. The average Bonchev–Trinajstić information content (AvgIpc) is 3.04. The fraction of sp³-hybridized carbons (Fsp3) is 0.643. The van der Waals surface area contributed by atoms with Crippen LogP contribution in [0.4, 0.5) is 0 Å². The number of hydrogen-bond acceptors (Lipinski definition) is 3. The summed E-state index contributed by atoms with van der Waals surface area (Å²) in [5, 5.41) is 16.5. The number of nitrogens with one attached hydrogen (secondary N) is 1. The van der Waals surface area contributed by atoms with E-state index in [1.54, 1.807) is 16.9 Å². The van der Waals surface area contributed by atoms with Gasteiger partial charge in [0.05, 0.1) is 5.69 Å². The lowest BCUT2D eigenvalue weighted by atomic mass is 9.84. The standard InChI is InChI=1S/C14H21N3O3/c1-9(2)17-7-6-11(16-17)8-14(3,13(19)20)12(18)15-10-4-5-10/h6-7,9-10H,4-5,8H2,1-3H3,(H,15,18)(H,19,20). The monoisotopic (exact) mass is 279 g/mol. The van der Waals surface area contributed by atoms with E-state index in [-0.39, 0.29) is 18.5 Å². The van der Waals surface area contributed by atoms with Crippen LogP contribution in [-0.2, 0) is 16.0 Å². The van der Waals surface area contributed by atoms with Crippen LogP contribution in [0.1, 0.15) is 45.3 Å². The van der Waals surface area contributed by atoms with Gasteiger partial charge in [-0.05, 0) is 39.7 Å². The van der Waals surface area contributed by atoms with Crippen molar-refractivity contribution in [3.8, 4) is 0 Å². The van der Waals surface area contributed by atoms with Gasteiger partial charge in [-0.25, -0.2) is 0 Å². The number of carboxylic acids is 1. The first-order valence-corrected chi connectivity index (χ1v) is 6.91. The van der Waals surface area contributed by atoms with Crippen molar-refractivity contribution >= 4 is 11.9 Å². The molecular formula is C14H21N3O3. The number of carbonyl (C=O) groups is 2. The normalized spacial score (nSPS) is 17.8. The minimum Gasteiger partial charge on any atom is -0.480 e. The lowest BCUT2D eigenvalue weighted by molar-refractivity contribution is -0.154. The van der Waals surface area contributed by atoms with E-state index < -0.39 is 17.3 Å². The van der Waals surface area contributed by atoms with E-state index in [0.29, 0.717) is 5.69 Å². The van der Waals surface area contributed by atoms with Gasteiger partial charge < -0.3 is 10.4 Å². The molecule has 0 aliphatic heterocycles. The summed E-state index contributed by atoms with van der Waals surface area (Å²) in [5.74, 6) is -1.54. The van der Waals surface area contributed by atoms with Gasteiger partial charge in [0.15, 0.2) is 0 Å². The second-order valence-electron chi connectivity index (χ2n) is 5.94. The van der Waals surface area contributed by atoms with Gasteiger partial charge in [-0.15, -0.1) is 0 Å². The fourth-order valence-electron chi connectivity index (χ4n) is 1.95. The minimum absolute atomic E-state index is 0.0978. The molecule has 0 aromatic carbocycles. The summed E-state index contributed by atoms with van der Waals surface area (Å²) in [6.45, 7) is 5.45. The van der Waals surface area contributed by atoms with Crippen LogP contribution in [0.2, 0.25) is 0 Å². The summed E-state index contributed by atoms with van der Waals surface area (Å²) >= 11 is 0. The first-order valence-electron chi connectivity index (χ1n) is 6.91. The lowest BCUT2D eigenvalue weighted by Gasteiger charge is -2.22. The van der Waals surface area contributed by atoms with Crippen molar-refractivity contribution < 1.29 is 14.7 Å². The smallest absolute Gasteiger partial charge is 0.319 e. The van der Waals surface area contributed by atoms with E-state index in [1.165, 1.54) is 6.92 Å². The molecule has 2 N–H and O–H groups in total. The van der Waals surface area contributed by atoms with Crippen molar-refractivity contribution in [1.82, 2.24) is 15.1 Å². The number of rotatable bonds is 6. The highest BCUT2D eigenvalue weighted by molar-refractivity contribution is 6.01. The van der Waals surface area contributed by atoms with E-state index in [9.17, 15) is 14.7 Å². The molecule has 1 aromatic rings. The molecule has 1 amide bonds. The molecule has 1 aliphatic carbocycles. The zero-order valence-corrected chi connectivity index (χ0v) is 12.1. The fourth-order valence-corrected chi connectivity index (χ4v) is 1.95. The first kappa shape index (κ1) is 14.6. The van der Waals surface area contributed by atoms with E-state index in [0.717, 1.165) is 12.8 Å². The largest absolute Gasteiger partial charge is 0.480 e. The van der Waals surface area contributed by atoms with Gasteiger partial charge >= 0.3 is 5.97 Å². The Kier molecular flexibility index (Phi) is 3.83. The van der Waals surface area contributed by atoms with Gasteiger partial charge in [-0.3, -0.25) is 14.3 Å². The Bertz CT molecular complexity index is 519. The molecular weight excluding hydrogens is 258 g/mol. The molecule has 2 rings (SSSR count). The zero-order chi connectivity index (χ0) is 14.9. The Hall–Kier alpha value is -1.85. The maximum atomic E-state index is 12.2. The van der Waals surface area contributed by atoms with Crippen molar-refractivity contribution in [2.45, 2.75) is 52.1 Å². The van der Waals surface area contributed by atoms with Crippen molar-refractivity contribution in [2.75, 3.05) is 0 Å². The molecule has 0 bridgehead atoms. The van der Waals surface area contributed by atoms with Gasteiger partial charge in [0.2, 0.25) is 5.91 Å². The van der Waals surface area contributed by atoms with Crippen LogP contribution in [-0.4, -0.2) is 32.8 Å². The molecule has 1 unspecified atom stereocenters. The van der Waals surface area contributed by atoms with Crippen LogP contribution >= 0.6 is 0 Å². The highest BCUT2D eigenvalue weighted by Gasteiger charge is 2.43. The number of nitrogens with zero attached hydrogens (tertiary/aromatic N) is 2. The number of carbonyl (C=O) groups excluding carboxylic acids is 1. The lowest BCUT2D eigenvalue weighted by Crippen LogP contribution is -2.46. The Morgan fingerprint density at radius 1 is 1.55 bits per heavy atom. The van der Waals surface area contributed by atoms with Gasteiger partial charge in [0.1, 0.15) is 5.41 Å². The number of amides is 1. The molecule has 110 valence electrons. The maximum Gasteiger partial charge on any atom is 0.319 e. The van der Waals surface area contributed by atoms with Crippen LogP contribution in [0.3, 0.4) is 0 Å². The summed E-state index contributed by atoms with van der Waals surface area (Å²) in [5.41, 5.74) is -0.854. The molecule has 1 atom stereocenters. The number of aromatic nitrogens is 2. The van der Waals surface area contributed by atoms with E-state index >= 15 is 0 Å². The third kappa shape index (κ3) is 3.00. The summed E-state index contributed by atoms with van der Waals surface area (Å²) in [6.07, 6.45) is 3.77. The molecule has 20 heavy (non-hydrogen) atoms. The summed E-state index contributed by atoms with van der Waals surface area (Å²) in [6, 6.07) is 2.13. The van der Waals surface area contributed by atoms with Gasteiger partial charge in [0.25, 0.3) is 0 Å². The highest BCUT2D eigenvalue weighted by atomic mass is 16.4. The number of carboxylic acid groups (broad SMARTS) is 1. The summed E-state index contributed by atoms with van der Waals surface area (Å²) < 4.78 is 1.76. The Morgan fingerprint density at radius 2 is 2.20 bits per heavy atom. The van der Waals surface area contributed by atoms with Gasteiger partial charge in [0, 0.05) is 24.7 Å². The van der Waals surface area contributed by atoms with Crippen LogP contribution in [0, 0.1) is 5.41 Å². The van der Waals surface area contributed by atoms with E-state index in [2.05, 4.69) is 10.4 Å². The average molecular weight is 279 g/mol. The molecule has 1 fully saturated rings. The van der Waals surface area contributed by atoms with Crippen LogP contribution in [0.15, 0.2) is 12.3 Å².